The zero-order chi connectivity index (χ0) is 17.0. The Morgan fingerprint density at radius 3 is 2.52 bits per heavy atom. The largest absolute Gasteiger partial charge is 0.326 e. The maximum atomic E-state index is 11.7. The second-order valence-electron chi connectivity index (χ2n) is 5.66. The molecule has 2 aromatic rings. The summed E-state index contributed by atoms with van der Waals surface area (Å²) in [6.45, 7) is 7.07. The van der Waals surface area contributed by atoms with E-state index < -0.39 is 0 Å². The lowest BCUT2D eigenvalue weighted by Crippen LogP contribution is -2.19. The van der Waals surface area contributed by atoms with Gasteiger partial charge in [0.2, 0.25) is 5.91 Å². The van der Waals surface area contributed by atoms with Crippen molar-refractivity contribution >= 4 is 11.6 Å². The van der Waals surface area contributed by atoms with Gasteiger partial charge in [-0.15, -0.1) is 6.58 Å². The number of hydrogen-bond donors (Lipinski definition) is 1. The lowest BCUT2D eigenvalue weighted by atomic mass is 9.97. The van der Waals surface area contributed by atoms with Crippen molar-refractivity contribution in [1.82, 2.24) is 4.57 Å². The first-order valence-electron chi connectivity index (χ1n) is 7.63. The van der Waals surface area contributed by atoms with Crippen molar-refractivity contribution in [3.8, 4) is 11.1 Å². The molecule has 1 aliphatic heterocycles. The van der Waals surface area contributed by atoms with Crippen molar-refractivity contribution in [2.75, 3.05) is 5.32 Å². The number of carbonyl (C=O) groups is 1. The summed E-state index contributed by atoms with van der Waals surface area (Å²) in [6.07, 6.45) is 4.89. The van der Waals surface area contributed by atoms with Crippen LogP contribution in [0.15, 0.2) is 47.9 Å². The number of aryl methyl sites for hydroxylation is 3. The van der Waals surface area contributed by atoms with Gasteiger partial charge in [0.25, 0.3) is 5.56 Å². The summed E-state index contributed by atoms with van der Waals surface area (Å²) >= 11 is 0. The van der Waals surface area contributed by atoms with Gasteiger partial charge in [0.15, 0.2) is 0 Å². The van der Waals surface area contributed by atoms with E-state index in [9.17, 15) is 9.59 Å². The predicted octanol–water partition coefficient (Wildman–Crippen LogP) is 3.44. The van der Waals surface area contributed by atoms with Crippen molar-refractivity contribution in [3.05, 3.63) is 64.6 Å². The summed E-state index contributed by atoms with van der Waals surface area (Å²) in [5, 5.41) is 2.88. The number of aromatic nitrogens is 1. The molecule has 0 saturated carbocycles. The van der Waals surface area contributed by atoms with Gasteiger partial charge in [0.1, 0.15) is 0 Å². The van der Waals surface area contributed by atoms with Gasteiger partial charge in [-0.3, -0.25) is 9.59 Å². The topological polar surface area (TPSA) is 51.1 Å². The number of rotatable bonds is 1. The Labute approximate surface area is 136 Å². The molecule has 3 rings (SSSR count). The van der Waals surface area contributed by atoms with E-state index in [0.29, 0.717) is 6.42 Å². The van der Waals surface area contributed by atoms with E-state index in [2.05, 4.69) is 18.0 Å². The highest BCUT2D eigenvalue weighted by atomic mass is 16.1. The van der Waals surface area contributed by atoms with E-state index in [1.165, 1.54) is 0 Å². The van der Waals surface area contributed by atoms with Crippen LogP contribution in [0.25, 0.3) is 11.1 Å². The van der Waals surface area contributed by atoms with Crippen molar-refractivity contribution in [2.24, 2.45) is 7.05 Å². The third kappa shape index (κ3) is 3.77. The fourth-order valence-corrected chi connectivity index (χ4v) is 2.60. The zero-order valence-corrected chi connectivity index (χ0v) is 13.8. The van der Waals surface area contributed by atoms with Crippen molar-refractivity contribution in [1.29, 1.82) is 0 Å². The van der Waals surface area contributed by atoms with Gasteiger partial charge in [-0.25, -0.2) is 0 Å². The lowest BCUT2D eigenvalue weighted by Gasteiger charge is -2.18. The van der Waals surface area contributed by atoms with Crippen LogP contribution in [0.4, 0.5) is 5.69 Å². The Hall–Kier alpha value is -2.62. The summed E-state index contributed by atoms with van der Waals surface area (Å²) in [5.74, 6) is 0.0724. The van der Waals surface area contributed by atoms with Gasteiger partial charge in [-0.1, -0.05) is 12.1 Å². The van der Waals surface area contributed by atoms with Crippen LogP contribution in [0.2, 0.25) is 0 Å². The molecule has 0 fully saturated rings. The highest BCUT2D eigenvalue weighted by Gasteiger charge is 2.15. The molecular formula is C19H22N2O2. The molecule has 0 spiro atoms. The molecule has 120 valence electrons. The monoisotopic (exact) mass is 310 g/mol. The van der Waals surface area contributed by atoms with Gasteiger partial charge in [-0.2, -0.15) is 0 Å². The maximum Gasteiger partial charge on any atom is 0.253 e. The van der Waals surface area contributed by atoms with Crippen LogP contribution in [-0.4, -0.2) is 10.5 Å². The highest BCUT2D eigenvalue weighted by molar-refractivity contribution is 5.94. The molecule has 1 N–H and O–H groups in total. The molecule has 0 aliphatic carbocycles. The second kappa shape index (κ2) is 7.09. The van der Waals surface area contributed by atoms with Crippen LogP contribution in [-0.2, 0) is 18.3 Å². The van der Waals surface area contributed by atoms with E-state index in [4.69, 9.17) is 0 Å². The van der Waals surface area contributed by atoms with Crippen LogP contribution < -0.4 is 10.9 Å². The number of nitrogens with one attached hydrogen (secondary N) is 1. The average Bonchev–Trinajstić information content (AvgIpc) is 2.52. The summed E-state index contributed by atoms with van der Waals surface area (Å²) in [7, 11) is 1.76. The number of nitrogens with zero attached hydrogens (tertiary/aromatic N) is 1. The highest BCUT2D eigenvalue weighted by Crippen LogP contribution is 2.28. The SMILES string of the molecule is C=CC.Cc1cc(-c2ccc3c(c2)CCC(=O)N3)cn(C)c1=O. The molecule has 1 aromatic heterocycles. The number of amides is 1. The first-order chi connectivity index (χ1) is 11.0. The fraction of sp³-hybridized carbons (Fsp3) is 0.263. The Bertz CT molecular complexity index is 777. The number of anilines is 1. The van der Waals surface area contributed by atoms with E-state index in [-0.39, 0.29) is 11.5 Å². The molecule has 1 amide bonds. The zero-order valence-electron chi connectivity index (χ0n) is 13.8. The van der Waals surface area contributed by atoms with Gasteiger partial charge in [-0.05, 0) is 55.2 Å². The number of benzene rings is 1. The first kappa shape index (κ1) is 16.7. The number of hydrogen-bond acceptors (Lipinski definition) is 2. The normalized spacial score (nSPS) is 12.6. The molecule has 1 aromatic carbocycles. The smallest absolute Gasteiger partial charge is 0.253 e. The summed E-state index contributed by atoms with van der Waals surface area (Å²) < 4.78 is 1.60. The fourth-order valence-electron chi connectivity index (χ4n) is 2.60. The molecule has 2 heterocycles. The van der Waals surface area contributed by atoms with E-state index in [1.807, 2.05) is 38.2 Å². The molecule has 23 heavy (non-hydrogen) atoms. The third-order valence-electron chi connectivity index (χ3n) is 3.70. The van der Waals surface area contributed by atoms with Crippen molar-refractivity contribution in [3.63, 3.8) is 0 Å². The van der Waals surface area contributed by atoms with Crippen LogP contribution in [0.3, 0.4) is 0 Å². The van der Waals surface area contributed by atoms with E-state index in [0.717, 1.165) is 34.4 Å². The number of carbonyl (C=O) groups excluding carboxylic acids is 1. The van der Waals surface area contributed by atoms with Crippen LogP contribution in [0.1, 0.15) is 24.5 Å². The number of pyridine rings is 1. The summed E-state index contributed by atoms with van der Waals surface area (Å²) in [4.78, 5) is 23.1. The first-order valence-corrected chi connectivity index (χ1v) is 7.63. The Kier molecular flexibility index (Phi) is 5.16. The van der Waals surface area contributed by atoms with Gasteiger partial charge < -0.3 is 9.88 Å². The Morgan fingerprint density at radius 2 is 1.87 bits per heavy atom. The minimum Gasteiger partial charge on any atom is -0.326 e. The summed E-state index contributed by atoms with van der Waals surface area (Å²) in [5.41, 5.74) is 4.89. The molecule has 4 heteroatoms. The van der Waals surface area contributed by atoms with Crippen molar-refractivity contribution < 1.29 is 4.79 Å². The van der Waals surface area contributed by atoms with Crippen LogP contribution >= 0.6 is 0 Å². The van der Waals surface area contributed by atoms with Crippen LogP contribution in [0, 0.1) is 6.92 Å². The quantitative estimate of drug-likeness (QED) is 0.820. The summed E-state index contributed by atoms with van der Waals surface area (Å²) in [6, 6.07) is 7.91. The van der Waals surface area contributed by atoms with Gasteiger partial charge >= 0.3 is 0 Å². The van der Waals surface area contributed by atoms with E-state index >= 15 is 0 Å². The minimum absolute atomic E-state index is 0.0268. The number of allylic oxidation sites excluding steroid dienone is 1. The molecule has 4 nitrogen and oxygen atoms in total. The maximum absolute atomic E-state index is 11.7. The van der Waals surface area contributed by atoms with Crippen LogP contribution in [0.5, 0.6) is 0 Å². The average molecular weight is 310 g/mol. The molecule has 0 atom stereocenters. The molecule has 0 saturated heterocycles. The Balaban J connectivity index is 0.000000595. The lowest BCUT2D eigenvalue weighted by molar-refractivity contribution is -0.116. The van der Waals surface area contributed by atoms with Gasteiger partial charge in [0, 0.05) is 30.9 Å². The molecular weight excluding hydrogens is 288 g/mol. The van der Waals surface area contributed by atoms with Gasteiger partial charge in [0.05, 0.1) is 0 Å². The third-order valence-corrected chi connectivity index (χ3v) is 3.70. The Morgan fingerprint density at radius 1 is 1.17 bits per heavy atom. The minimum atomic E-state index is 0.0268. The second-order valence-corrected chi connectivity index (χ2v) is 5.66. The predicted molar refractivity (Wildman–Crippen MR) is 94.7 cm³/mol. The molecule has 0 unspecified atom stereocenters. The molecule has 0 bridgehead atoms. The molecule has 1 aliphatic rings. The van der Waals surface area contributed by atoms with E-state index in [1.54, 1.807) is 17.7 Å². The van der Waals surface area contributed by atoms with Crippen molar-refractivity contribution in [2.45, 2.75) is 26.7 Å². The number of fused-ring (bicyclic) bond motifs is 1. The standard InChI is InChI=1S/C16H16N2O2.C3H6/c1-10-7-13(9-18(2)16(10)20)11-3-5-14-12(8-11)4-6-15(19)17-14;1-3-2/h3,5,7-9H,4,6H2,1-2H3,(H,17,19);3H,1H2,2H3. The molecule has 0 radical (unpaired) electrons.